The van der Waals surface area contributed by atoms with Crippen LogP contribution in [0, 0.1) is 18.8 Å². The summed E-state index contributed by atoms with van der Waals surface area (Å²) < 4.78 is 6.74. The van der Waals surface area contributed by atoms with Crippen LogP contribution in [0.3, 0.4) is 0 Å². The van der Waals surface area contributed by atoms with Crippen LogP contribution in [0.15, 0.2) is 6.20 Å². The highest BCUT2D eigenvalue weighted by atomic mass is 16.5. The zero-order valence-corrected chi connectivity index (χ0v) is 14.1. The van der Waals surface area contributed by atoms with Gasteiger partial charge >= 0.3 is 5.97 Å². The highest BCUT2D eigenvalue weighted by Crippen LogP contribution is 2.39. The molecule has 0 unspecified atom stereocenters. The molecule has 0 radical (unpaired) electrons. The Labute approximate surface area is 136 Å². The van der Waals surface area contributed by atoms with E-state index in [4.69, 9.17) is 4.74 Å². The second-order valence-corrected chi connectivity index (χ2v) is 6.67. The third kappa shape index (κ3) is 2.75. The Balaban J connectivity index is 1.81. The Kier molecular flexibility index (Phi) is 4.41. The first-order valence-corrected chi connectivity index (χ1v) is 8.41. The number of ether oxygens (including phenoxy) is 1. The van der Waals surface area contributed by atoms with Crippen molar-refractivity contribution < 1.29 is 14.3 Å². The first kappa shape index (κ1) is 16.0. The van der Waals surface area contributed by atoms with Crippen LogP contribution in [0.5, 0.6) is 0 Å². The fourth-order valence-corrected chi connectivity index (χ4v) is 4.10. The van der Waals surface area contributed by atoms with Gasteiger partial charge in [-0.25, -0.2) is 0 Å². The molecule has 1 aliphatic carbocycles. The van der Waals surface area contributed by atoms with E-state index in [1.54, 1.807) is 0 Å². The SMILES string of the molecule is COC(=O)[C@@H]1CCC[C@H]1C(=O)N1CCC[C@H]1c1cnn(C)c1C. The number of carbonyl (C=O) groups excluding carboxylic acids is 2. The van der Waals surface area contributed by atoms with Crippen molar-refractivity contribution in [2.24, 2.45) is 18.9 Å². The molecule has 3 atom stereocenters. The number of esters is 1. The molecule has 3 rings (SSSR count). The molecule has 0 N–H and O–H groups in total. The minimum atomic E-state index is -0.274. The second kappa shape index (κ2) is 6.34. The van der Waals surface area contributed by atoms with Gasteiger partial charge in [0.2, 0.25) is 5.91 Å². The smallest absolute Gasteiger partial charge is 0.309 e. The number of hydrogen-bond donors (Lipinski definition) is 0. The van der Waals surface area contributed by atoms with E-state index in [9.17, 15) is 9.59 Å². The number of amides is 1. The molecule has 1 aliphatic heterocycles. The molecule has 2 heterocycles. The number of hydrogen-bond acceptors (Lipinski definition) is 4. The zero-order valence-electron chi connectivity index (χ0n) is 14.1. The van der Waals surface area contributed by atoms with Gasteiger partial charge in [-0.1, -0.05) is 6.42 Å². The standard InChI is InChI=1S/C17H25N3O3/c1-11-14(10-18-19(11)2)15-8-5-9-20(15)16(21)12-6-4-7-13(12)17(22)23-3/h10,12-13,15H,4-9H2,1-3H3/t12-,13-,15+/m1/s1. The van der Waals surface area contributed by atoms with Crippen LogP contribution in [0.2, 0.25) is 0 Å². The summed E-state index contributed by atoms with van der Waals surface area (Å²) in [7, 11) is 3.32. The van der Waals surface area contributed by atoms with Crippen LogP contribution in [0.1, 0.15) is 49.4 Å². The van der Waals surface area contributed by atoms with Crippen molar-refractivity contribution in [2.45, 2.75) is 45.1 Å². The maximum Gasteiger partial charge on any atom is 0.309 e. The number of aromatic nitrogens is 2. The molecule has 0 spiro atoms. The van der Waals surface area contributed by atoms with Gasteiger partial charge in [0.15, 0.2) is 0 Å². The largest absolute Gasteiger partial charge is 0.469 e. The number of likely N-dealkylation sites (tertiary alicyclic amines) is 1. The zero-order chi connectivity index (χ0) is 16.6. The lowest BCUT2D eigenvalue weighted by Crippen LogP contribution is -2.39. The molecule has 1 aromatic heterocycles. The summed E-state index contributed by atoms with van der Waals surface area (Å²) in [6.07, 6.45) is 6.30. The summed E-state index contributed by atoms with van der Waals surface area (Å²) in [5.74, 6) is -0.624. The molecule has 23 heavy (non-hydrogen) atoms. The van der Waals surface area contributed by atoms with Gasteiger partial charge in [-0.15, -0.1) is 0 Å². The van der Waals surface area contributed by atoms with Gasteiger partial charge < -0.3 is 9.64 Å². The van der Waals surface area contributed by atoms with Crippen LogP contribution in [0.25, 0.3) is 0 Å². The fraction of sp³-hybridized carbons (Fsp3) is 0.706. The Morgan fingerprint density at radius 1 is 1.22 bits per heavy atom. The predicted octanol–water partition coefficient (Wildman–Crippen LogP) is 1.98. The molecule has 1 saturated carbocycles. The van der Waals surface area contributed by atoms with E-state index < -0.39 is 0 Å². The predicted molar refractivity (Wildman–Crippen MR) is 84.5 cm³/mol. The summed E-state index contributed by atoms with van der Waals surface area (Å²) in [5.41, 5.74) is 2.23. The number of carbonyl (C=O) groups is 2. The highest BCUT2D eigenvalue weighted by Gasteiger charge is 2.43. The van der Waals surface area contributed by atoms with Gasteiger partial charge in [-0.3, -0.25) is 14.3 Å². The van der Waals surface area contributed by atoms with E-state index >= 15 is 0 Å². The Bertz CT molecular complexity index is 610. The van der Waals surface area contributed by atoms with Crippen molar-refractivity contribution in [1.29, 1.82) is 0 Å². The van der Waals surface area contributed by atoms with E-state index in [2.05, 4.69) is 5.10 Å². The molecular formula is C17H25N3O3. The molecule has 6 nitrogen and oxygen atoms in total. The van der Waals surface area contributed by atoms with Gasteiger partial charge in [-0.2, -0.15) is 5.10 Å². The van der Waals surface area contributed by atoms with E-state index in [1.165, 1.54) is 7.11 Å². The lowest BCUT2D eigenvalue weighted by molar-refractivity contribution is -0.152. The topological polar surface area (TPSA) is 64.4 Å². The first-order chi connectivity index (χ1) is 11.0. The summed E-state index contributed by atoms with van der Waals surface area (Å²) in [4.78, 5) is 27.0. The van der Waals surface area contributed by atoms with Gasteiger partial charge in [0, 0.05) is 24.8 Å². The molecular weight excluding hydrogens is 294 g/mol. The van der Waals surface area contributed by atoms with Crippen LogP contribution in [-0.2, 0) is 21.4 Å². The lowest BCUT2D eigenvalue weighted by Gasteiger charge is -2.29. The molecule has 126 valence electrons. The van der Waals surface area contributed by atoms with E-state index in [1.807, 2.05) is 29.7 Å². The minimum absolute atomic E-state index is 0.0927. The van der Waals surface area contributed by atoms with Crippen LogP contribution in [0.4, 0.5) is 0 Å². The Morgan fingerprint density at radius 3 is 2.61 bits per heavy atom. The van der Waals surface area contributed by atoms with E-state index in [0.717, 1.165) is 49.9 Å². The maximum absolute atomic E-state index is 13.1. The maximum atomic E-state index is 13.1. The van der Waals surface area contributed by atoms with Crippen molar-refractivity contribution in [3.8, 4) is 0 Å². The van der Waals surface area contributed by atoms with Gasteiger partial charge in [0.05, 0.1) is 31.2 Å². The average molecular weight is 319 g/mol. The summed E-state index contributed by atoms with van der Waals surface area (Å²) in [6, 6.07) is 0.0927. The summed E-state index contributed by atoms with van der Waals surface area (Å²) >= 11 is 0. The number of rotatable bonds is 3. The van der Waals surface area contributed by atoms with E-state index in [-0.39, 0.29) is 29.8 Å². The van der Waals surface area contributed by atoms with Crippen molar-refractivity contribution in [3.63, 3.8) is 0 Å². The number of methoxy groups -OCH3 is 1. The quantitative estimate of drug-likeness (QED) is 0.799. The molecule has 1 saturated heterocycles. The van der Waals surface area contributed by atoms with Crippen molar-refractivity contribution in [2.75, 3.05) is 13.7 Å². The van der Waals surface area contributed by atoms with Crippen LogP contribution in [-0.4, -0.2) is 40.2 Å². The van der Waals surface area contributed by atoms with Gasteiger partial charge in [-0.05, 0) is 32.6 Å². The van der Waals surface area contributed by atoms with E-state index in [0.29, 0.717) is 0 Å². The van der Waals surface area contributed by atoms with Crippen LogP contribution < -0.4 is 0 Å². The summed E-state index contributed by atoms with van der Waals surface area (Å²) in [5, 5.41) is 4.31. The molecule has 6 heteroatoms. The molecule has 0 bridgehead atoms. The Hall–Kier alpha value is -1.85. The second-order valence-electron chi connectivity index (χ2n) is 6.67. The molecule has 1 amide bonds. The average Bonchev–Trinajstić information content (AvgIpc) is 3.27. The first-order valence-electron chi connectivity index (χ1n) is 8.41. The van der Waals surface area contributed by atoms with Crippen molar-refractivity contribution in [3.05, 3.63) is 17.5 Å². The molecule has 2 fully saturated rings. The number of aryl methyl sites for hydroxylation is 1. The summed E-state index contributed by atoms with van der Waals surface area (Å²) in [6.45, 7) is 2.80. The molecule has 0 aromatic carbocycles. The number of nitrogens with zero attached hydrogens (tertiary/aromatic N) is 3. The molecule has 1 aromatic rings. The van der Waals surface area contributed by atoms with Crippen LogP contribution >= 0.6 is 0 Å². The third-order valence-corrected chi connectivity index (χ3v) is 5.51. The van der Waals surface area contributed by atoms with Crippen molar-refractivity contribution >= 4 is 11.9 Å². The van der Waals surface area contributed by atoms with Gasteiger partial charge in [0.1, 0.15) is 0 Å². The highest BCUT2D eigenvalue weighted by molar-refractivity contribution is 5.86. The Morgan fingerprint density at radius 2 is 1.96 bits per heavy atom. The van der Waals surface area contributed by atoms with Crippen molar-refractivity contribution in [1.82, 2.24) is 14.7 Å². The minimum Gasteiger partial charge on any atom is -0.469 e. The fourth-order valence-electron chi connectivity index (χ4n) is 4.10. The lowest BCUT2D eigenvalue weighted by atomic mass is 9.94. The normalized spacial score (nSPS) is 27.4. The van der Waals surface area contributed by atoms with Gasteiger partial charge in [0.25, 0.3) is 0 Å². The monoisotopic (exact) mass is 319 g/mol. The third-order valence-electron chi connectivity index (χ3n) is 5.51. The molecule has 2 aliphatic rings.